The van der Waals surface area contributed by atoms with Crippen molar-refractivity contribution < 1.29 is 27.6 Å². The first kappa shape index (κ1) is 24.5. The number of hydrogen-bond acceptors (Lipinski definition) is 9. The Kier molecular flexibility index (Phi) is 6.98. The molecule has 0 saturated heterocycles. The summed E-state index contributed by atoms with van der Waals surface area (Å²) in [4.78, 5) is 12.9. The van der Waals surface area contributed by atoms with E-state index in [-0.39, 0.29) is 26.6 Å². The standard InChI is InChI=1S/C22H18N4O7S2/c1-3-14-7-9-15(10-8-14)26-22(27)20(13(2)25-26)24-23-18-12-11-16-17(21(18)34-33-32-28)5-4-6-19(16)35(29,30)31/h3-12,25,28H,1H2,2H3,(H,29,30,31). The first-order valence-corrected chi connectivity index (χ1v) is 12.1. The molecule has 0 saturated carbocycles. The molecule has 0 spiro atoms. The highest BCUT2D eigenvalue weighted by atomic mass is 32.2. The second-order valence-corrected chi connectivity index (χ2v) is 9.29. The van der Waals surface area contributed by atoms with Crippen molar-refractivity contribution in [3.8, 4) is 5.69 Å². The molecule has 1 aromatic heterocycles. The van der Waals surface area contributed by atoms with Gasteiger partial charge in [-0.1, -0.05) is 48.0 Å². The van der Waals surface area contributed by atoms with Gasteiger partial charge >= 0.3 is 0 Å². The van der Waals surface area contributed by atoms with Crippen LogP contribution in [0.4, 0.5) is 11.4 Å². The highest BCUT2D eigenvalue weighted by Gasteiger charge is 2.19. The molecule has 3 aromatic carbocycles. The number of benzene rings is 3. The number of fused-ring (bicyclic) bond motifs is 1. The molecule has 11 nitrogen and oxygen atoms in total. The van der Waals surface area contributed by atoms with E-state index in [0.717, 1.165) is 5.56 Å². The van der Waals surface area contributed by atoms with Gasteiger partial charge in [-0.3, -0.25) is 14.4 Å². The van der Waals surface area contributed by atoms with Gasteiger partial charge in [0.15, 0.2) is 5.69 Å². The van der Waals surface area contributed by atoms with Crippen molar-refractivity contribution in [3.05, 3.63) is 82.8 Å². The molecule has 0 aliphatic heterocycles. The molecule has 4 rings (SSSR count). The molecule has 0 radical (unpaired) electrons. The van der Waals surface area contributed by atoms with Gasteiger partial charge in [0, 0.05) is 10.8 Å². The normalized spacial score (nSPS) is 12.0. The number of nitrogens with zero attached hydrogens (tertiary/aromatic N) is 3. The molecule has 35 heavy (non-hydrogen) atoms. The van der Waals surface area contributed by atoms with Crippen molar-refractivity contribution in [1.29, 1.82) is 0 Å². The van der Waals surface area contributed by atoms with Crippen molar-refractivity contribution in [3.63, 3.8) is 0 Å². The summed E-state index contributed by atoms with van der Waals surface area (Å²) in [5, 5.41) is 24.0. The lowest BCUT2D eigenvalue weighted by Gasteiger charge is -2.09. The number of rotatable bonds is 8. The lowest BCUT2D eigenvalue weighted by molar-refractivity contribution is -0.432. The summed E-state index contributed by atoms with van der Waals surface area (Å²) in [5.41, 5.74) is 1.77. The van der Waals surface area contributed by atoms with E-state index in [4.69, 9.17) is 5.26 Å². The molecule has 1 heterocycles. The van der Waals surface area contributed by atoms with Gasteiger partial charge in [0.2, 0.25) is 0 Å². The first-order valence-electron chi connectivity index (χ1n) is 9.89. The maximum atomic E-state index is 13.0. The van der Waals surface area contributed by atoms with E-state index in [1.165, 1.54) is 28.9 Å². The predicted molar refractivity (Wildman–Crippen MR) is 130 cm³/mol. The topological polar surface area (TPSA) is 156 Å². The van der Waals surface area contributed by atoms with E-state index in [0.29, 0.717) is 28.8 Å². The molecule has 180 valence electrons. The molecule has 4 aromatic rings. The van der Waals surface area contributed by atoms with Crippen LogP contribution in [0.5, 0.6) is 0 Å². The number of nitrogens with one attached hydrogen (secondary N) is 1. The third kappa shape index (κ3) is 4.95. The van der Waals surface area contributed by atoms with Crippen LogP contribution in [0.2, 0.25) is 0 Å². The molecule has 13 heteroatoms. The fourth-order valence-corrected chi connectivity index (χ4v) is 4.70. The molecule has 3 N–H and O–H groups in total. The Morgan fingerprint density at radius 3 is 2.49 bits per heavy atom. The van der Waals surface area contributed by atoms with Crippen LogP contribution in [0.1, 0.15) is 11.3 Å². The van der Waals surface area contributed by atoms with Crippen LogP contribution in [0, 0.1) is 6.92 Å². The fourth-order valence-electron chi connectivity index (χ4n) is 3.43. The van der Waals surface area contributed by atoms with Gasteiger partial charge in [-0.15, -0.1) is 14.6 Å². The molecule has 0 unspecified atom stereocenters. The summed E-state index contributed by atoms with van der Waals surface area (Å²) >= 11 is 0.543. The van der Waals surface area contributed by atoms with Crippen molar-refractivity contribution >= 4 is 50.4 Å². The smallest absolute Gasteiger partial charge is 0.293 e. The second-order valence-electron chi connectivity index (χ2n) is 7.19. The maximum absolute atomic E-state index is 13.0. The minimum atomic E-state index is -4.51. The molecule has 0 fully saturated rings. The van der Waals surface area contributed by atoms with Crippen LogP contribution < -0.4 is 5.56 Å². The Morgan fingerprint density at radius 1 is 1.09 bits per heavy atom. The summed E-state index contributed by atoms with van der Waals surface area (Å²) in [6, 6.07) is 14.2. The van der Waals surface area contributed by atoms with Gasteiger partial charge in [0.1, 0.15) is 10.6 Å². The lowest BCUT2D eigenvalue weighted by atomic mass is 10.1. The van der Waals surface area contributed by atoms with Gasteiger partial charge < -0.3 is 0 Å². The van der Waals surface area contributed by atoms with Gasteiger partial charge in [-0.25, -0.2) is 9.94 Å². The van der Waals surface area contributed by atoms with Gasteiger partial charge in [0.05, 0.1) is 28.3 Å². The van der Waals surface area contributed by atoms with Crippen LogP contribution in [0.3, 0.4) is 0 Å². The molecule has 0 aliphatic rings. The molecular formula is C22H18N4O7S2. The first-order chi connectivity index (χ1) is 16.7. The molecule has 0 aliphatic carbocycles. The van der Waals surface area contributed by atoms with Crippen molar-refractivity contribution in [2.75, 3.05) is 0 Å². The van der Waals surface area contributed by atoms with Crippen molar-refractivity contribution in [1.82, 2.24) is 9.78 Å². The number of hydrogen-bond donors (Lipinski definition) is 3. The number of aromatic nitrogens is 2. The zero-order valence-electron chi connectivity index (χ0n) is 18.1. The van der Waals surface area contributed by atoms with Crippen LogP contribution in [0.15, 0.2) is 86.0 Å². The Bertz CT molecular complexity index is 1610. The molecule has 0 bridgehead atoms. The van der Waals surface area contributed by atoms with Gasteiger partial charge in [-0.2, -0.15) is 8.42 Å². The number of aryl methyl sites for hydroxylation is 1. The summed E-state index contributed by atoms with van der Waals surface area (Å²) in [6.45, 7) is 5.37. The SMILES string of the molecule is C=Cc1ccc(-n2[nH]c(C)c(N=Nc3ccc4c(S(=O)(=O)O)cccc4c3SOOO)c2=O)cc1. The van der Waals surface area contributed by atoms with E-state index in [2.05, 4.69) is 31.3 Å². The molecular weight excluding hydrogens is 496 g/mol. The minimum Gasteiger partial charge on any atom is -0.293 e. The Hall–Kier alpha value is -3.59. The van der Waals surface area contributed by atoms with E-state index in [1.54, 1.807) is 31.2 Å². The average Bonchev–Trinajstić information content (AvgIpc) is 3.13. The minimum absolute atomic E-state index is 0.0554. The summed E-state index contributed by atoms with van der Waals surface area (Å²) < 4.78 is 39.0. The predicted octanol–water partition coefficient (Wildman–Crippen LogP) is 5.36. The van der Waals surface area contributed by atoms with Crippen LogP contribution in [0.25, 0.3) is 22.5 Å². The van der Waals surface area contributed by atoms with Crippen LogP contribution in [-0.2, 0) is 19.5 Å². The summed E-state index contributed by atoms with van der Waals surface area (Å²) in [6.07, 6.45) is 1.69. The van der Waals surface area contributed by atoms with E-state index in [1.807, 2.05) is 12.1 Å². The van der Waals surface area contributed by atoms with Crippen LogP contribution in [-0.4, -0.2) is 28.0 Å². The zero-order valence-corrected chi connectivity index (χ0v) is 19.7. The Balaban J connectivity index is 1.80. The maximum Gasteiger partial charge on any atom is 0.299 e. The van der Waals surface area contributed by atoms with Crippen molar-refractivity contribution in [2.24, 2.45) is 10.2 Å². The highest BCUT2D eigenvalue weighted by molar-refractivity contribution is 7.95. The Morgan fingerprint density at radius 2 is 1.83 bits per heavy atom. The zero-order chi connectivity index (χ0) is 25.2. The number of aromatic amines is 1. The number of H-pyrrole nitrogens is 1. The highest BCUT2D eigenvalue weighted by Crippen LogP contribution is 2.39. The molecule has 0 atom stereocenters. The molecule has 0 amide bonds. The average molecular weight is 515 g/mol. The summed E-state index contributed by atoms with van der Waals surface area (Å²) in [5.74, 6) is 0. The monoisotopic (exact) mass is 514 g/mol. The van der Waals surface area contributed by atoms with Gasteiger partial charge in [-0.05, 0) is 36.8 Å². The fraction of sp³-hybridized carbons (Fsp3) is 0.0455. The number of azo groups is 1. The van der Waals surface area contributed by atoms with Crippen molar-refractivity contribution in [2.45, 2.75) is 16.7 Å². The third-order valence-corrected chi connectivity index (χ3v) is 6.70. The van der Waals surface area contributed by atoms with E-state index in [9.17, 15) is 17.8 Å². The Labute approximate surface area is 203 Å². The lowest BCUT2D eigenvalue weighted by Crippen LogP contribution is -2.13. The van der Waals surface area contributed by atoms with E-state index < -0.39 is 15.7 Å². The van der Waals surface area contributed by atoms with Crippen LogP contribution >= 0.6 is 12.0 Å². The third-order valence-electron chi connectivity index (χ3n) is 5.06. The quantitative estimate of drug-likeness (QED) is 0.0933. The summed E-state index contributed by atoms with van der Waals surface area (Å²) in [7, 11) is -4.51. The van der Waals surface area contributed by atoms with E-state index >= 15 is 0 Å². The van der Waals surface area contributed by atoms with Gasteiger partial charge in [0.25, 0.3) is 15.7 Å². The largest absolute Gasteiger partial charge is 0.299 e. The second kappa shape index (κ2) is 9.95.